The molecule has 0 unspecified atom stereocenters. The molecule has 0 spiro atoms. The van der Waals surface area contributed by atoms with Crippen LogP contribution >= 0.6 is 0 Å². The second-order valence-electron chi connectivity index (χ2n) is 5.05. The fraction of sp³-hybridized carbons (Fsp3) is 0.769. The van der Waals surface area contributed by atoms with Gasteiger partial charge in [-0.15, -0.1) is 4.98 Å². The first kappa shape index (κ1) is 13.8. The fourth-order valence-electron chi connectivity index (χ4n) is 2.65. The lowest BCUT2D eigenvalue weighted by Gasteiger charge is -2.27. The topological polar surface area (TPSA) is 69.2 Å². The van der Waals surface area contributed by atoms with Gasteiger partial charge >= 0.3 is 12.0 Å². The Morgan fingerprint density at radius 2 is 1.63 bits per heavy atom. The van der Waals surface area contributed by atoms with Gasteiger partial charge < -0.3 is 14.8 Å². The molecule has 6 nitrogen and oxygen atoms in total. The molecule has 1 N–H and O–H groups in total. The molecule has 19 heavy (non-hydrogen) atoms. The van der Waals surface area contributed by atoms with Gasteiger partial charge in [0.15, 0.2) is 0 Å². The van der Waals surface area contributed by atoms with Crippen molar-refractivity contribution in [1.82, 2.24) is 15.0 Å². The zero-order chi connectivity index (χ0) is 13.7. The third-order valence-electron chi connectivity index (χ3n) is 4.00. The number of hydrogen-bond acceptors (Lipinski definition) is 6. The molecule has 1 fully saturated rings. The summed E-state index contributed by atoms with van der Waals surface area (Å²) in [6.45, 7) is 3.14. The van der Waals surface area contributed by atoms with Crippen molar-refractivity contribution in [3.63, 3.8) is 0 Å². The molecular formula is C13H22N4O2. The number of rotatable bonds is 6. The summed E-state index contributed by atoms with van der Waals surface area (Å²) < 4.78 is 10.1. The number of nitrogens with one attached hydrogen (secondary N) is 1. The van der Waals surface area contributed by atoms with E-state index in [4.69, 9.17) is 9.47 Å². The highest BCUT2D eigenvalue weighted by atomic mass is 16.5. The monoisotopic (exact) mass is 266 g/mol. The number of aromatic nitrogens is 3. The van der Waals surface area contributed by atoms with Gasteiger partial charge in [-0.25, -0.2) is 0 Å². The van der Waals surface area contributed by atoms with Crippen LogP contribution in [0.2, 0.25) is 0 Å². The van der Waals surface area contributed by atoms with Gasteiger partial charge in [0.1, 0.15) is 0 Å². The highest BCUT2D eigenvalue weighted by molar-refractivity contribution is 5.28. The number of nitrogens with zero attached hydrogens (tertiary/aromatic N) is 3. The summed E-state index contributed by atoms with van der Waals surface area (Å²) >= 11 is 0. The van der Waals surface area contributed by atoms with E-state index in [0.717, 1.165) is 6.54 Å². The van der Waals surface area contributed by atoms with Crippen LogP contribution in [0.1, 0.15) is 39.0 Å². The molecule has 0 aromatic carbocycles. The van der Waals surface area contributed by atoms with E-state index in [9.17, 15) is 0 Å². The van der Waals surface area contributed by atoms with Crippen molar-refractivity contribution < 1.29 is 9.47 Å². The van der Waals surface area contributed by atoms with Crippen molar-refractivity contribution in [2.75, 3.05) is 26.1 Å². The molecule has 1 aliphatic carbocycles. The third-order valence-corrected chi connectivity index (χ3v) is 4.00. The lowest BCUT2D eigenvalue weighted by Crippen LogP contribution is -2.26. The number of methoxy groups -OCH3 is 2. The molecule has 1 aromatic rings. The maximum atomic E-state index is 5.04. The van der Waals surface area contributed by atoms with Gasteiger partial charge in [0.25, 0.3) is 0 Å². The van der Waals surface area contributed by atoms with Crippen LogP contribution in [0.25, 0.3) is 0 Å². The molecule has 0 bridgehead atoms. The Hall–Kier alpha value is -1.59. The molecule has 0 atom stereocenters. The van der Waals surface area contributed by atoms with Gasteiger partial charge in [-0.3, -0.25) is 0 Å². The van der Waals surface area contributed by atoms with E-state index < -0.39 is 0 Å². The van der Waals surface area contributed by atoms with Crippen molar-refractivity contribution in [3.05, 3.63) is 0 Å². The minimum atomic E-state index is 0.270. The molecule has 0 aliphatic heterocycles. The predicted molar refractivity (Wildman–Crippen MR) is 72.6 cm³/mol. The van der Waals surface area contributed by atoms with E-state index in [-0.39, 0.29) is 12.0 Å². The SMILES string of the molecule is CCC1(CNc2nc(OC)nc(OC)n2)CCCC1. The third kappa shape index (κ3) is 3.24. The van der Waals surface area contributed by atoms with E-state index in [1.165, 1.54) is 46.3 Å². The molecule has 0 saturated heterocycles. The first-order chi connectivity index (χ1) is 9.21. The van der Waals surface area contributed by atoms with E-state index in [1.54, 1.807) is 0 Å². The van der Waals surface area contributed by atoms with Crippen LogP contribution in [0.4, 0.5) is 5.95 Å². The van der Waals surface area contributed by atoms with Crippen LogP contribution in [-0.4, -0.2) is 35.7 Å². The molecule has 0 amide bonds. The minimum Gasteiger partial charge on any atom is -0.467 e. The number of ether oxygens (including phenoxy) is 2. The van der Waals surface area contributed by atoms with Gasteiger partial charge in [0.2, 0.25) is 5.95 Å². The molecule has 2 rings (SSSR count). The minimum absolute atomic E-state index is 0.270. The molecule has 0 radical (unpaired) electrons. The molecular weight excluding hydrogens is 244 g/mol. The number of anilines is 1. The summed E-state index contributed by atoms with van der Waals surface area (Å²) in [6.07, 6.45) is 6.36. The van der Waals surface area contributed by atoms with E-state index in [2.05, 4.69) is 27.2 Å². The van der Waals surface area contributed by atoms with E-state index in [1.807, 2.05) is 0 Å². The Morgan fingerprint density at radius 3 is 2.11 bits per heavy atom. The van der Waals surface area contributed by atoms with Gasteiger partial charge in [-0.05, 0) is 24.7 Å². The first-order valence-corrected chi connectivity index (χ1v) is 6.79. The molecule has 1 heterocycles. The van der Waals surface area contributed by atoms with E-state index >= 15 is 0 Å². The van der Waals surface area contributed by atoms with Crippen molar-refractivity contribution in [2.45, 2.75) is 39.0 Å². The summed E-state index contributed by atoms with van der Waals surface area (Å²) in [5.74, 6) is 0.517. The standard InChI is InChI=1S/C13H22N4O2/c1-4-13(7-5-6-8-13)9-14-10-15-11(18-2)17-12(16-10)19-3/h4-9H2,1-3H3,(H,14,15,16,17). The summed E-state index contributed by atoms with van der Waals surface area (Å²) in [6, 6.07) is 0.539. The van der Waals surface area contributed by atoms with Crippen molar-refractivity contribution in [3.8, 4) is 12.0 Å². The first-order valence-electron chi connectivity index (χ1n) is 6.79. The molecule has 1 saturated carbocycles. The molecule has 6 heteroatoms. The van der Waals surface area contributed by atoms with E-state index in [0.29, 0.717) is 11.4 Å². The van der Waals surface area contributed by atoms with Crippen LogP contribution in [0.5, 0.6) is 12.0 Å². The largest absolute Gasteiger partial charge is 0.467 e. The lowest BCUT2D eigenvalue weighted by atomic mass is 9.83. The van der Waals surface area contributed by atoms with Crippen molar-refractivity contribution in [2.24, 2.45) is 5.41 Å². The van der Waals surface area contributed by atoms with Crippen LogP contribution < -0.4 is 14.8 Å². The highest BCUT2D eigenvalue weighted by Gasteiger charge is 2.31. The average Bonchev–Trinajstić information content (AvgIpc) is 2.94. The fourth-order valence-corrected chi connectivity index (χ4v) is 2.65. The zero-order valence-corrected chi connectivity index (χ0v) is 11.9. The summed E-state index contributed by atoms with van der Waals surface area (Å²) in [4.78, 5) is 12.4. The second-order valence-corrected chi connectivity index (χ2v) is 5.05. The van der Waals surface area contributed by atoms with Crippen molar-refractivity contribution >= 4 is 5.95 Å². The van der Waals surface area contributed by atoms with Gasteiger partial charge in [-0.2, -0.15) is 9.97 Å². The van der Waals surface area contributed by atoms with Crippen LogP contribution in [0, 0.1) is 5.41 Å². The van der Waals surface area contributed by atoms with Gasteiger partial charge in [-0.1, -0.05) is 19.8 Å². The van der Waals surface area contributed by atoms with Crippen molar-refractivity contribution in [1.29, 1.82) is 0 Å². The Morgan fingerprint density at radius 1 is 1.05 bits per heavy atom. The maximum absolute atomic E-state index is 5.04. The lowest BCUT2D eigenvalue weighted by molar-refractivity contribution is 0.304. The van der Waals surface area contributed by atoms with Gasteiger partial charge in [0.05, 0.1) is 14.2 Å². The smallest absolute Gasteiger partial charge is 0.324 e. The normalized spacial score (nSPS) is 17.2. The van der Waals surface area contributed by atoms with Crippen LogP contribution in [0.3, 0.4) is 0 Å². The summed E-state index contributed by atoms with van der Waals surface area (Å²) in [5.41, 5.74) is 0.382. The average molecular weight is 266 g/mol. The second kappa shape index (κ2) is 6.04. The summed E-state index contributed by atoms with van der Waals surface area (Å²) in [7, 11) is 3.06. The predicted octanol–water partition coefficient (Wildman–Crippen LogP) is 2.27. The van der Waals surface area contributed by atoms with Crippen LogP contribution in [-0.2, 0) is 0 Å². The Balaban J connectivity index is 2.06. The molecule has 106 valence electrons. The zero-order valence-electron chi connectivity index (χ0n) is 11.9. The quantitative estimate of drug-likeness (QED) is 0.851. The highest BCUT2D eigenvalue weighted by Crippen LogP contribution is 2.40. The van der Waals surface area contributed by atoms with Gasteiger partial charge in [0, 0.05) is 6.54 Å². The summed E-state index contributed by atoms with van der Waals surface area (Å²) in [5, 5.41) is 3.31. The molecule has 1 aliphatic rings. The Labute approximate surface area is 114 Å². The van der Waals surface area contributed by atoms with Crippen LogP contribution in [0.15, 0.2) is 0 Å². The maximum Gasteiger partial charge on any atom is 0.324 e. The number of hydrogen-bond donors (Lipinski definition) is 1. The molecule has 1 aromatic heterocycles. The Kier molecular flexibility index (Phi) is 4.39. The Bertz CT molecular complexity index is 397.